The SMILES string of the molecule is CNC(=O)c1ccc(C(CC=Cc2nc3ccccc3o2)C(C)N(Cc2ccc3ccccc3c2)C(=O)CC(CC(=O)O)C(=O)O)cc1. The summed E-state index contributed by atoms with van der Waals surface area (Å²) in [4.78, 5) is 55.9. The van der Waals surface area contributed by atoms with Crippen molar-refractivity contribution in [1.82, 2.24) is 15.2 Å². The molecule has 5 aromatic rings. The zero-order chi connectivity index (χ0) is 34.2. The fourth-order valence-corrected chi connectivity index (χ4v) is 5.91. The first-order chi connectivity index (χ1) is 23.1. The third kappa shape index (κ3) is 8.14. The molecule has 0 bridgehead atoms. The van der Waals surface area contributed by atoms with E-state index in [1.165, 1.54) is 0 Å². The highest BCUT2D eigenvalue weighted by atomic mass is 16.4. The smallest absolute Gasteiger partial charge is 0.307 e. The van der Waals surface area contributed by atoms with E-state index in [2.05, 4.69) is 10.3 Å². The van der Waals surface area contributed by atoms with Crippen LogP contribution in [0.15, 0.2) is 101 Å². The van der Waals surface area contributed by atoms with Gasteiger partial charge in [-0.3, -0.25) is 19.2 Å². The molecule has 0 saturated carbocycles. The molecule has 0 fully saturated rings. The minimum Gasteiger partial charge on any atom is -0.481 e. The van der Waals surface area contributed by atoms with Gasteiger partial charge in [0.1, 0.15) is 5.52 Å². The number of hydrogen-bond acceptors (Lipinski definition) is 6. The highest BCUT2D eigenvalue weighted by Gasteiger charge is 2.32. The second kappa shape index (κ2) is 15.2. The predicted molar refractivity (Wildman–Crippen MR) is 182 cm³/mol. The van der Waals surface area contributed by atoms with E-state index in [1.807, 2.05) is 91.9 Å². The summed E-state index contributed by atoms with van der Waals surface area (Å²) in [6.45, 7) is 2.07. The molecule has 0 spiro atoms. The molecule has 246 valence electrons. The third-order valence-electron chi connectivity index (χ3n) is 8.54. The first-order valence-electron chi connectivity index (χ1n) is 15.7. The summed E-state index contributed by atoms with van der Waals surface area (Å²) in [6.07, 6.45) is 3.00. The van der Waals surface area contributed by atoms with E-state index in [1.54, 1.807) is 30.2 Å². The van der Waals surface area contributed by atoms with Crippen molar-refractivity contribution in [3.8, 4) is 0 Å². The topological polar surface area (TPSA) is 150 Å². The van der Waals surface area contributed by atoms with Crippen LogP contribution in [0.1, 0.15) is 59.5 Å². The molecule has 10 heteroatoms. The molecule has 10 nitrogen and oxygen atoms in total. The Balaban J connectivity index is 1.51. The molecule has 3 atom stereocenters. The van der Waals surface area contributed by atoms with Crippen LogP contribution < -0.4 is 5.32 Å². The fourth-order valence-electron chi connectivity index (χ4n) is 5.91. The molecule has 4 aromatic carbocycles. The minimum atomic E-state index is -1.38. The summed E-state index contributed by atoms with van der Waals surface area (Å²) in [6, 6.07) is 27.9. The van der Waals surface area contributed by atoms with Gasteiger partial charge in [-0.25, -0.2) is 4.98 Å². The fraction of sp³-hybridized carbons (Fsp3) is 0.237. The van der Waals surface area contributed by atoms with Crippen molar-refractivity contribution in [2.75, 3.05) is 7.05 Å². The monoisotopic (exact) mass is 647 g/mol. The van der Waals surface area contributed by atoms with E-state index >= 15 is 0 Å². The quantitative estimate of drug-likeness (QED) is 0.123. The normalized spacial score (nSPS) is 13.3. The molecule has 0 aliphatic carbocycles. The van der Waals surface area contributed by atoms with Gasteiger partial charge in [-0.15, -0.1) is 0 Å². The van der Waals surface area contributed by atoms with Crippen LogP contribution in [-0.2, 0) is 20.9 Å². The largest absolute Gasteiger partial charge is 0.481 e. The molecule has 48 heavy (non-hydrogen) atoms. The number of carbonyl (C=O) groups is 4. The molecule has 0 saturated heterocycles. The first kappa shape index (κ1) is 33.6. The van der Waals surface area contributed by atoms with Gasteiger partial charge in [-0.2, -0.15) is 0 Å². The number of aliphatic carboxylic acids is 2. The number of rotatable bonds is 14. The molecular weight excluding hydrogens is 610 g/mol. The van der Waals surface area contributed by atoms with Gasteiger partial charge in [0.25, 0.3) is 5.91 Å². The van der Waals surface area contributed by atoms with Gasteiger partial charge >= 0.3 is 11.9 Å². The summed E-state index contributed by atoms with van der Waals surface area (Å²) >= 11 is 0. The maximum Gasteiger partial charge on any atom is 0.307 e. The second-order valence-electron chi connectivity index (χ2n) is 11.7. The number of carbonyl (C=O) groups excluding carboxylic acids is 2. The summed E-state index contributed by atoms with van der Waals surface area (Å²) in [7, 11) is 1.56. The lowest BCUT2D eigenvalue weighted by Gasteiger charge is -2.36. The number of para-hydroxylation sites is 2. The van der Waals surface area contributed by atoms with Crippen LogP contribution in [0.5, 0.6) is 0 Å². The van der Waals surface area contributed by atoms with Crippen molar-refractivity contribution >= 4 is 51.7 Å². The second-order valence-corrected chi connectivity index (χ2v) is 11.7. The highest BCUT2D eigenvalue weighted by Crippen LogP contribution is 2.31. The Hall–Kier alpha value is -5.77. The van der Waals surface area contributed by atoms with Gasteiger partial charge in [0.05, 0.1) is 12.3 Å². The van der Waals surface area contributed by atoms with E-state index in [0.29, 0.717) is 23.5 Å². The van der Waals surface area contributed by atoms with Crippen LogP contribution in [0.4, 0.5) is 0 Å². The maximum absolute atomic E-state index is 14.0. The van der Waals surface area contributed by atoms with Gasteiger partial charge in [0.15, 0.2) is 5.58 Å². The minimum absolute atomic E-state index is 0.173. The van der Waals surface area contributed by atoms with E-state index in [9.17, 15) is 29.4 Å². The number of hydrogen-bond donors (Lipinski definition) is 3. The van der Waals surface area contributed by atoms with Crippen LogP contribution in [0, 0.1) is 5.92 Å². The average molecular weight is 648 g/mol. The lowest BCUT2D eigenvalue weighted by atomic mass is 9.87. The average Bonchev–Trinajstić information content (AvgIpc) is 3.51. The van der Waals surface area contributed by atoms with Crippen molar-refractivity contribution in [2.24, 2.45) is 5.92 Å². The summed E-state index contributed by atoms with van der Waals surface area (Å²) < 4.78 is 5.86. The van der Waals surface area contributed by atoms with Gasteiger partial charge in [-0.05, 0) is 71.7 Å². The standard InChI is InChI=1S/C38H37N3O7/c1-24(41(35(42)21-30(38(46)47)22-36(43)44)23-25-14-15-26-8-3-4-9-29(26)20-25)31(27-16-18-28(19-17-27)37(45)39-2)10-7-13-34-40-32-11-5-6-12-33(32)48-34/h3-9,11-20,24,30-31H,10,21-23H2,1-2H3,(H,39,45)(H,43,44)(H,46,47). The Kier molecular flexibility index (Phi) is 10.6. The summed E-state index contributed by atoms with van der Waals surface area (Å²) in [5.74, 6) is -4.59. The van der Waals surface area contributed by atoms with E-state index in [0.717, 1.165) is 27.4 Å². The molecule has 3 unspecified atom stereocenters. The lowest BCUT2D eigenvalue weighted by molar-refractivity contribution is -0.151. The Morgan fingerprint density at radius 3 is 2.29 bits per heavy atom. The number of allylic oxidation sites excluding steroid dienone is 1. The van der Waals surface area contributed by atoms with Crippen molar-refractivity contribution in [3.63, 3.8) is 0 Å². The van der Waals surface area contributed by atoms with Crippen molar-refractivity contribution in [3.05, 3.63) is 120 Å². The van der Waals surface area contributed by atoms with Gasteiger partial charge in [0, 0.05) is 37.5 Å². The first-order valence-corrected chi connectivity index (χ1v) is 15.7. The molecule has 3 N–H and O–H groups in total. The van der Waals surface area contributed by atoms with Crippen LogP contribution >= 0.6 is 0 Å². The molecule has 0 radical (unpaired) electrons. The highest BCUT2D eigenvalue weighted by molar-refractivity contribution is 5.94. The number of aromatic nitrogens is 1. The number of amides is 2. The van der Waals surface area contributed by atoms with Crippen LogP contribution in [0.3, 0.4) is 0 Å². The number of carboxylic acids is 2. The van der Waals surface area contributed by atoms with Gasteiger partial charge < -0.3 is 24.8 Å². The third-order valence-corrected chi connectivity index (χ3v) is 8.54. The Morgan fingerprint density at radius 2 is 1.60 bits per heavy atom. The number of benzene rings is 4. The number of nitrogens with zero attached hydrogens (tertiary/aromatic N) is 2. The van der Waals surface area contributed by atoms with E-state index < -0.39 is 42.6 Å². The molecule has 0 aliphatic rings. The Bertz CT molecular complexity index is 1930. The van der Waals surface area contributed by atoms with Crippen molar-refractivity contribution in [2.45, 2.75) is 44.7 Å². The molecule has 1 heterocycles. The number of carboxylic acid groups (broad SMARTS) is 2. The van der Waals surface area contributed by atoms with Crippen molar-refractivity contribution < 1.29 is 33.8 Å². The maximum atomic E-state index is 14.0. The van der Waals surface area contributed by atoms with Crippen molar-refractivity contribution in [1.29, 1.82) is 0 Å². The zero-order valence-corrected chi connectivity index (χ0v) is 26.7. The summed E-state index contributed by atoms with van der Waals surface area (Å²) in [5, 5.41) is 23.8. The van der Waals surface area contributed by atoms with Crippen LogP contribution in [0.2, 0.25) is 0 Å². The molecule has 2 amide bonds. The van der Waals surface area contributed by atoms with E-state index in [4.69, 9.17) is 4.42 Å². The van der Waals surface area contributed by atoms with Crippen LogP contribution in [0.25, 0.3) is 27.9 Å². The zero-order valence-electron chi connectivity index (χ0n) is 26.7. The Morgan fingerprint density at radius 1 is 0.896 bits per heavy atom. The number of fused-ring (bicyclic) bond motifs is 2. The number of nitrogens with one attached hydrogen (secondary N) is 1. The van der Waals surface area contributed by atoms with Gasteiger partial charge in [0.2, 0.25) is 11.8 Å². The number of oxazole rings is 1. The predicted octanol–water partition coefficient (Wildman–Crippen LogP) is 6.51. The molecular formula is C38H37N3O7. The van der Waals surface area contributed by atoms with Gasteiger partial charge in [-0.1, -0.05) is 66.7 Å². The summed E-state index contributed by atoms with van der Waals surface area (Å²) in [5.41, 5.74) is 3.57. The molecule has 5 rings (SSSR count). The Labute approximate surface area is 277 Å². The van der Waals surface area contributed by atoms with Crippen LogP contribution in [-0.4, -0.2) is 56.9 Å². The van der Waals surface area contributed by atoms with E-state index in [-0.39, 0.29) is 18.4 Å². The lowest BCUT2D eigenvalue weighted by Crippen LogP contribution is -2.43. The molecule has 0 aliphatic heterocycles. The molecule has 1 aromatic heterocycles.